The van der Waals surface area contributed by atoms with Gasteiger partial charge in [0.1, 0.15) is 13.2 Å². The van der Waals surface area contributed by atoms with Crippen LogP contribution in [0.25, 0.3) is 0 Å². The number of aliphatic carboxylic acids is 1. The predicted molar refractivity (Wildman–Crippen MR) is 258 cm³/mol. The largest absolute Gasteiger partial charge is 0.477 e. The molecule has 364 valence electrons. The average molecular weight is 879 g/mol. The van der Waals surface area contributed by atoms with Crippen LogP contribution in [0.15, 0.2) is 24.3 Å². The van der Waals surface area contributed by atoms with E-state index in [9.17, 15) is 19.5 Å². The van der Waals surface area contributed by atoms with Gasteiger partial charge < -0.3 is 28.5 Å². The van der Waals surface area contributed by atoms with Crippen LogP contribution in [-0.4, -0.2) is 87.4 Å². The zero-order valence-electron chi connectivity index (χ0n) is 41.3. The molecule has 0 aliphatic heterocycles. The Morgan fingerprint density at radius 1 is 0.484 bits per heavy atom. The molecule has 0 heterocycles. The molecule has 0 fully saturated rings. The second kappa shape index (κ2) is 45.3. The van der Waals surface area contributed by atoms with Gasteiger partial charge in [-0.25, -0.2) is 4.79 Å². The van der Waals surface area contributed by atoms with Crippen molar-refractivity contribution in [1.29, 1.82) is 0 Å². The van der Waals surface area contributed by atoms with E-state index in [0.29, 0.717) is 23.9 Å². The zero-order valence-corrected chi connectivity index (χ0v) is 41.3. The smallest absolute Gasteiger partial charge is 0.361 e. The van der Waals surface area contributed by atoms with Gasteiger partial charge in [0, 0.05) is 12.8 Å². The van der Waals surface area contributed by atoms with Crippen LogP contribution in [0.1, 0.15) is 239 Å². The standard InChI is InChI=1S/C53H99NO8/c1-6-8-10-12-14-16-18-20-21-22-23-24-25-26-27-28-29-30-32-33-35-37-39-41-43-50(55)60-47-49(48-61-53(52(57)58)59-46-45-54(3,4)5)62-51(56)44-42-40-38-36-34-31-19-17-15-13-11-9-7-2/h11,13,17,19,49,53H,6-10,12,14-16,18,20-48H2,1-5H3/p+1/b13-11-,19-17-. The number of carbonyl (C=O) groups is 3. The molecule has 0 amide bonds. The van der Waals surface area contributed by atoms with Crippen LogP contribution in [0.2, 0.25) is 0 Å². The number of quaternary nitrogens is 1. The summed E-state index contributed by atoms with van der Waals surface area (Å²) < 4.78 is 22.8. The summed E-state index contributed by atoms with van der Waals surface area (Å²) in [4.78, 5) is 37.2. The maximum absolute atomic E-state index is 12.8. The van der Waals surface area contributed by atoms with E-state index in [2.05, 4.69) is 38.2 Å². The molecule has 0 aromatic rings. The van der Waals surface area contributed by atoms with E-state index < -0.39 is 24.3 Å². The first-order valence-corrected chi connectivity index (χ1v) is 26.0. The summed E-state index contributed by atoms with van der Waals surface area (Å²) in [5.74, 6) is -2.01. The van der Waals surface area contributed by atoms with Gasteiger partial charge in [-0.3, -0.25) is 9.59 Å². The molecule has 9 nitrogen and oxygen atoms in total. The fraction of sp³-hybridized carbons (Fsp3) is 0.868. The van der Waals surface area contributed by atoms with Crippen molar-refractivity contribution in [2.75, 3.05) is 47.5 Å². The molecule has 0 saturated heterocycles. The molecule has 0 radical (unpaired) electrons. The van der Waals surface area contributed by atoms with Crippen molar-refractivity contribution >= 4 is 17.9 Å². The van der Waals surface area contributed by atoms with Crippen molar-refractivity contribution in [3.8, 4) is 0 Å². The monoisotopic (exact) mass is 879 g/mol. The maximum Gasteiger partial charge on any atom is 0.361 e. The summed E-state index contributed by atoms with van der Waals surface area (Å²) in [6.45, 7) is 4.82. The highest BCUT2D eigenvalue weighted by Gasteiger charge is 2.25. The molecule has 0 aromatic carbocycles. The molecule has 2 atom stereocenters. The van der Waals surface area contributed by atoms with Gasteiger partial charge in [0.05, 0.1) is 34.4 Å². The van der Waals surface area contributed by atoms with Crippen molar-refractivity contribution in [3.05, 3.63) is 24.3 Å². The third-order valence-corrected chi connectivity index (χ3v) is 11.4. The van der Waals surface area contributed by atoms with Crippen molar-refractivity contribution in [2.24, 2.45) is 0 Å². The van der Waals surface area contributed by atoms with Crippen molar-refractivity contribution in [3.63, 3.8) is 0 Å². The molecule has 0 aliphatic rings. The Hall–Kier alpha value is -2.23. The van der Waals surface area contributed by atoms with E-state index in [1.807, 2.05) is 21.1 Å². The van der Waals surface area contributed by atoms with Crippen LogP contribution in [0.3, 0.4) is 0 Å². The van der Waals surface area contributed by atoms with Gasteiger partial charge >= 0.3 is 17.9 Å². The quantitative estimate of drug-likeness (QED) is 0.0212. The van der Waals surface area contributed by atoms with Gasteiger partial charge in [-0.15, -0.1) is 0 Å². The second-order valence-corrected chi connectivity index (χ2v) is 18.8. The lowest BCUT2D eigenvalue weighted by Gasteiger charge is -2.25. The second-order valence-electron chi connectivity index (χ2n) is 18.8. The van der Waals surface area contributed by atoms with Gasteiger partial charge in [0.15, 0.2) is 6.10 Å². The number of hydrogen-bond acceptors (Lipinski definition) is 7. The van der Waals surface area contributed by atoms with Crippen LogP contribution in [0.5, 0.6) is 0 Å². The first kappa shape index (κ1) is 59.8. The fourth-order valence-corrected chi connectivity index (χ4v) is 7.40. The van der Waals surface area contributed by atoms with Gasteiger partial charge in [0.25, 0.3) is 6.29 Å². The molecule has 2 unspecified atom stereocenters. The van der Waals surface area contributed by atoms with E-state index in [-0.39, 0.29) is 32.2 Å². The minimum atomic E-state index is -1.51. The first-order valence-electron chi connectivity index (χ1n) is 26.0. The lowest BCUT2D eigenvalue weighted by molar-refractivity contribution is -0.870. The zero-order chi connectivity index (χ0) is 45.6. The Balaban J connectivity index is 4.21. The van der Waals surface area contributed by atoms with Crippen molar-refractivity contribution < 1.29 is 42.9 Å². The molecule has 0 saturated carbocycles. The highest BCUT2D eigenvalue weighted by molar-refractivity contribution is 5.71. The summed E-state index contributed by atoms with van der Waals surface area (Å²) in [6, 6.07) is 0. The summed E-state index contributed by atoms with van der Waals surface area (Å²) in [5.41, 5.74) is 0. The van der Waals surface area contributed by atoms with Crippen LogP contribution >= 0.6 is 0 Å². The Morgan fingerprint density at radius 3 is 1.34 bits per heavy atom. The van der Waals surface area contributed by atoms with Gasteiger partial charge in [-0.2, -0.15) is 0 Å². The molecular formula is C53H100NO8+. The maximum atomic E-state index is 12.8. The number of allylic oxidation sites excluding steroid dienone is 4. The fourth-order valence-electron chi connectivity index (χ4n) is 7.40. The summed E-state index contributed by atoms with van der Waals surface area (Å²) in [6.07, 6.45) is 48.3. The number of esters is 2. The minimum Gasteiger partial charge on any atom is -0.477 e. The van der Waals surface area contributed by atoms with E-state index in [0.717, 1.165) is 64.2 Å². The highest BCUT2D eigenvalue weighted by Crippen LogP contribution is 2.17. The Bertz CT molecular complexity index is 1070. The minimum absolute atomic E-state index is 0.183. The van der Waals surface area contributed by atoms with Crippen LogP contribution in [0.4, 0.5) is 0 Å². The molecular weight excluding hydrogens is 779 g/mol. The number of ether oxygens (including phenoxy) is 4. The molecule has 0 bridgehead atoms. The summed E-state index contributed by atoms with van der Waals surface area (Å²) in [7, 11) is 5.96. The molecule has 0 aliphatic carbocycles. The van der Waals surface area contributed by atoms with Crippen molar-refractivity contribution in [2.45, 2.75) is 251 Å². The molecule has 0 aromatic heterocycles. The van der Waals surface area contributed by atoms with Gasteiger partial charge in [-0.1, -0.05) is 212 Å². The van der Waals surface area contributed by atoms with E-state index in [1.165, 1.54) is 141 Å². The molecule has 9 heteroatoms. The Kier molecular flexibility index (Phi) is 43.7. The third kappa shape index (κ3) is 45.8. The van der Waals surface area contributed by atoms with E-state index in [1.54, 1.807) is 0 Å². The molecule has 0 rings (SSSR count). The molecule has 0 spiro atoms. The average Bonchev–Trinajstić information content (AvgIpc) is 3.23. The molecule has 1 N–H and O–H groups in total. The number of carbonyl (C=O) groups excluding carboxylic acids is 2. The molecule has 62 heavy (non-hydrogen) atoms. The number of hydrogen-bond donors (Lipinski definition) is 1. The number of rotatable bonds is 48. The number of nitrogens with zero attached hydrogens (tertiary/aromatic N) is 1. The van der Waals surface area contributed by atoms with E-state index in [4.69, 9.17) is 18.9 Å². The lowest BCUT2D eigenvalue weighted by Crippen LogP contribution is -2.40. The van der Waals surface area contributed by atoms with E-state index >= 15 is 0 Å². The Morgan fingerprint density at radius 2 is 0.903 bits per heavy atom. The van der Waals surface area contributed by atoms with Crippen LogP contribution in [-0.2, 0) is 33.3 Å². The third-order valence-electron chi connectivity index (χ3n) is 11.4. The first-order chi connectivity index (χ1) is 30.1. The summed E-state index contributed by atoms with van der Waals surface area (Å²) >= 11 is 0. The van der Waals surface area contributed by atoms with Crippen LogP contribution in [0, 0.1) is 0 Å². The van der Waals surface area contributed by atoms with Crippen molar-refractivity contribution in [1.82, 2.24) is 0 Å². The predicted octanol–water partition coefficient (Wildman–Crippen LogP) is 14.4. The SMILES string of the molecule is CCC/C=C\C/C=C\CCCCCCCC(=O)OC(COC(=O)CCCCCCCCCCCCCCCCCCCCCCCCCC)COC(OCC[N+](C)(C)C)C(=O)O. The lowest BCUT2D eigenvalue weighted by atomic mass is 10.0. The van der Waals surface area contributed by atoms with Gasteiger partial charge in [-0.05, 0) is 38.5 Å². The number of likely N-dealkylation sites (N-methyl/N-ethyl adjacent to an activating group) is 1. The number of unbranched alkanes of at least 4 members (excludes halogenated alkanes) is 29. The highest BCUT2D eigenvalue weighted by atomic mass is 16.7. The summed E-state index contributed by atoms with van der Waals surface area (Å²) in [5, 5.41) is 9.65. The number of carboxylic acid groups (broad SMARTS) is 1. The van der Waals surface area contributed by atoms with Crippen LogP contribution < -0.4 is 0 Å². The normalized spacial score (nSPS) is 13.0. The Labute approximate surface area is 382 Å². The topological polar surface area (TPSA) is 108 Å². The van der Waals surface area contributed by atoms with Gasteiger partial charge in [0.2, 0.25) is 0 Å². The number of carboxylic acids is 1.